The van der Waals surface area contributed by atoms with Gasteiger partial charge >= 0.3 is 241 Å². The number of alkyl halides is 9. The molecule has 0 bridgehead atoms. The van der Waals surface area contributed by atoms with E-state index < -0.39 is 59.5 Å². The minimum atomic E-state index is -6.22. The number of aliphatic hydroxyl groups is 1. The van der Waals surface area contributed by atoms with Crippen molar-refractivity contribution in [1.82, 2.24) is 0 Å². The molecule has 4 aromatic carbocycles. The molecular weight excluding hydrogens is 640 g/mol. The summed E-state index contributed by atoms with van der Waals surface area (Å²) in [5, 5.41) is 12.8. The fourth-order valence-corrected chi connectivity index (χ4v) is 7.88. The van der Waals surface area contributed by atoms with Crippen LogP contribution in [0.15, 0.2) is 115 Å². The maximum absolute atomic E-state index is 15.6. The Morgan fingerprint density at radius 1 is 0.548 bits per heavy atom. The first-order chi connectivity index (χ1) is 19.6. The summed E-state index contributed by atoms with van der Waals surface area (Å²) in [5.41, 5.74) is -10.2. The van der Waals surface area contributed by atoms with Crippen molar-refractivity contribution in [2.75, 3.05) is 5.32 Å². The normalized spacial score (nSPS) is 15.1. The van der Waals surface area contributed by atoms with Gasteiger partial charge in [0.25, 0.3) is 0 Å². The molecule has 0 saturated heterocycles. The molecule has 0 spiro atoms. The Kier molecular flexibility index (Phi) is 8.74. The van der Waals surface area contributed by atoms with Crippen molar-refractivity contribution in [3.05, 3.63) is 132 Å². The van der Waals surface area contributed by atoms with Crippen molar-refractivity contribution < 1.29 is 44.6 Å². The average molecular weight is 662 g/mol. The fraction of sp³-hybridized carbons (Fsp3) is 0.200. The van der Waals surface area contributed by atoms with E-state index in [1.165, 1.54) is 84.9 Å². The quantitative estimate of drug-likeness (QED) is 0.150. The molecule has 2 nitrogen and oxygen atoms in total. The van der Waals surface area contributed by atoms with Gasteiger partial charge in [-0.1, -0.05) is 0 Å². The molecule has 0 fully saturated rings. The maximum atomic E-state index is 15.6. The Bertz CT molecular complexity index is 1450. The molecule has 0 aliphatic carbocycles. The fourth-order valence-electron chi connectivity index (χ4n) is 4.62. The van der Waals surface area contributed by atoms with Crippen molar-refractivity contribution >= 4 is 25.1 Å². The zero-order valence-electron chi connectivity index (χ0n) is 21.3. The number of rotatable bonds is 8. The minimum absolute atomic E-state index is 0.0134. The van der Waals surface area contributed by atoms with Crippen molar-refractivity contribution in [1.29, 1.82) is 0 Å². The van der Waals surface area contributed by atoms with E-state index in [1.807, 2.05) is 0 Å². The van der Waals surface area contributed by atoms with Crippen molar-refractivity contribution in [2.45, 2.75) is 34.5 Å². The summed E-state index contributed by atoms with van der Waals surface area (Å²) in [4.78, 5) is -1.76. The first-order valence-corrected chi connectivity index (χ1v) is 14.1. The van der Waals surface area contributed by atoms with E-state index in [0.717, 1.165) is 18.2 Å². The van der Waals surface area contributed by atoms with Crippen LogP contribution in [0.2, 0.25) is 0 Å². The second-order valence-electron chi connectivity index (χ2n) is 9.27. The number of para-hydroxylation sites is 1. The first-order valence-electron chi connectivity index (χ1n) is 12.3. The van der Waals surface area contributed by atoms with Gasteiger partial charge in [0.15, 0.2) is 0 Å². The number of benzene rings is 4. The van der Waals surface area contributed by atoms with Gasteiger partial charge in [0, 0.05) is 0 Å². The number of anilines is 1. The van der Waals surface area contributed by atoms with Crippen LogP contribution < -0.4 is 9.78 Å². The Morgan fingerprint density at radius 3 is 1.50 bits per heavy atom. The van der Waals surface area contributed by atoms with Crippen molar-refractivity contribution in [3.8, 4) is 0 Å². The molecule has 4 aromatic rings. The standard InChI is InChI=1S/C30H22F9NOSe/c31-28(32,33)26(21-14-6-2-7-15-21,40-22-16-8-3-9-17-22)25(20-12-4-1-5-13-20)42-24-19-11-10-18-23(24)27(41,29(34,35)36)30(37,38)39/h1-19,25,40-41H/t25-,26-/m0/s1. The van der Waals surface area contributed by atoms with Gasteiger partial charge in [0.2, 0.25) is 0 Å². The molecular formula is C30H22F9NOSe. The second-order valence-corrected chi connectivity index (χ2v) is 11.7. The van der Waals surface area contributed by atoms with Crippen LogP contribution in [0.4, 0.5) is 45.2 Å². The summed E-state index contributed by atoms with van der Waals surface area (Å²) >= 11 is -1.80. The summed E-state index contributed by atoms with van der Waals surface area (Å²) in [6, 6.07) is 24.3. The third-order valence-electron chi connectivity index (χ3n) is 6.63. The summed E-state index contributed by atoms with van der Waals surface area (Å²) < 4.78 is 130. The van der Waals surface area contributed by atoms with Gasteiger partial charge in [-0.3, -0.25) is 0 Å². The number of hydrogen-bond donors (Lipinski definition) is 2. The second kappa shape index (κ2) is 11.7. The molecule has 2 atom stereocenters. The molecule has 12 heteroatoms. The summed E-state index contributed by atoms with van der Waals surface area (Å²) in [6.45, 7) is 0. The SMILES string of the molecule is OC(c1ccccc1[Se][C@@H](c1ccccc1)[C@@](Nc1ccccc1)(c1ccccc1)C(F)(F)F)(C(F)(F)F)C(F)(F)F. The molecule has 0 heterocycles. The molecule has 2 N–H and O–H groups in total. The molecule has 222 valence electrons. The van der Waals surface area contributed by atoms with E-state index in [9.17, 15) is 31.4 Å². The van der Waals surface area contributed by atoms with Crippen LogP contribution in [0.3, 0.4) is 0 Å². The van der Waals surface area contributed by atoms with Crippen LogP contribution in [-0.2, 0) is 11.1 Å². The predicted molar refractivity (Wildman–Crippen MR) is 141 cm³/mol. The molecule has 42 heavy (non-hydrogen) atoms. The predicted octanol–water partition coefficient (Wildman–Crippen LogP) is 7.64. The van der Waals surface area contributed by atoms with Gasteiger partial charge < -0.3 is 0 Å². The molecule has 0 radical (unpaired) electrons. The molecule has 0 aliphatic heterocycles. The zero-order chi connectivity index (χ0) is 30.8. The van der Waals surface area contributed by atoms with Crippen LogP contribution >= 0.6 is 0 Å². The van der Waals surface area contributed by atoms with Crippen LogP contribution in [0.25, 0.3) is 0 Å². The van der Waals surface area contributed by atoms with Gasteiger partial charge in [-0.15, -0.1) is 0 Å². The number of hydrogen-bond acceptors (Lipinski definition) is 2. The Morgan fingerprint density at radius 2 is 1.00 bits per heavy atom. The van der Waals surface area contributed by atoms with E-state index in [4.69, 9.17) is 0 Å². The van der Waals surface area contributed by atoms with E-state index in [1.54, 1.807) is 6.07 Å². The van der Waals surface area contributed by atoms with Crippen LogP contribution in [0.5, 0.6) is 0 Å². The Labute approximate surface area is 241 Å². The molecule has 0 amide bonds. The van der Waals surface area contributed by atoms with Gasteiger partial charge in [-0.05, 0) is 0 Å². The van der Waals surface area contributed by atoms with E-state index in [2.05, 4.69) is 5.32 Å². The topological polar surface area (TPSA) is 32.3 Å². The van der Waals surface area contributed by atoms with Gasteiger partial charge in [0.05, 0.1) is 0 Å². The van der Waals surface area contributed by atoms with Gasteiger partial charge in [-0.2, -0.15) is 0 Å². The van der Waals surface area contributed by atoms with Gasteiger partial charge in [0.1, 0.15) is 0 Å². The number of halogens is 9. The molecule has 0 saturated carbocycles. The van der Waals surface area contributed by atoms with E-state index >= 15 is 13.2 Å². The number of nitrogens with one attached hydrogen (secondary N) is 1. The van der Waals surface area contributed by atoms with E-state index in [0.29, 0.717) is 6.07 Å². The molecule has 0 aliphatic rings. The molecule has 0 aromatic heterocycles. The monoisotopic (exact) mass is 663 g/mol. The molecule has 0 unspecified atom stereocenters. The third kappa shape index (κ3) is 5.75. The summed E-state index contributed by atoms with van der Waals surface area (Å²) in [6.07, 6.45) is -17.6. The van der Waals surface area contributed by atoms with Gasteiger partial charge in [-0.25, -0.2) is 0 Å². The third-order valence-corrected chi connectivity index (χ3v) is 9.72. The molecule has 4 rings (SSSR count). The Balaban J connectivity index is 2.05. The van der Waals surface area contributed by atoms with E-state index in [-0.39, 0.29) is 16.8 Å². The van der Waals surface area contributed by atoms with Crippen LogP contribution in [0.1, 0.15) is 21.5 Å². The average Bonchev–Trinajstić information content (AvgIpc) is 2.94. The van der Waals surface area contributed by atoms with Crippen molar-refractivity contribution in [2.24, 2.45) is 0 Å². The summed E-state index contributed by atoms with van der Waals surface area (Å²) in [5.74, 6) is 0. The van der Waals surface area contributed by atoms with Crippen molar-refractivity contribution in [3.63, 3.8) is 0 Å². The van der Waals surface area contributed by atoms with Crippen LogP contribution in [-0.4, -0.2) is 38.6 Å². The summed E-state index contributed by atoms with van der Waals surface area (Å²) in [7, 11) is 0. The van der Waals surface area contributed by atoms with Crippen LogP contribution in [0, 0.1) is 0 Å². The first kappa shape index (κ1) is 31.5. The zero-order valence-corrected chi connectivity index (χ0v) is 23.0. The Hall–Kier alpha value is -3.47.